The molecule has 0 unspecified atom stereocenters. The number of para-hydroxylation sites is 1. The number of fused-ring (bicyclic) bond motifs is 2. The molecule has 3 rings (SSSR count). The summed E-state index contributed by atoms with van der Waals surface area (Å²) in [4.78, 5) is 27.4. The van der Waals surface area contributed by atoms with Gasteiger partial charge in [-0.05, 0) is 23.8 Å². The van der Waals surface area contributed by atoms with Crippen molar-refractivity contribution >= 4 is 17.5 Å². The molecule has 1 aliphatic heterocycles. The number of nitrogens with one attached hydrogen (secondary N) is 1. The average Bonchev–Trinajstić information content (AvgIpc) is 3.17. The van der Waals surface area contributed by atoms with E-state index in [0.29, 0.717) is 139 Å². The lowest BCUT2D eigenvalue weighted by Gasteiger charge is -2.26. The van der Waals surface area contributed by atoms with E-state index in [4.69, 9.17) is 48.4 Å². The molecule has 1 heterocycles. The van der Waals surface area contributed by atoms with Gasteiger partial charge in [0.15, 0.2) is 0 Å². The quantitative estimate of drug-likeness (QED) is 0.0831. The van der Waals surface area contributed by atoms with E-state index in [2.05, 4.69) is 17.2 Å². The Labute approximate surface area is 313 Å². The molecule has 0 saturated heterocycles. The molecule has 0 bridgehead atoms. The second kappa shape index (κ2) is 29.9. The molecule has 0 fully saturated rings. The van der Waals surface area contributed by atoms with Gasteiger partial charge in [0.25, 0.3) is 0 Å². The number of hydrogen-bond donors (Lipinski definition) is 2. The maximum atomic E-state index is 13.3. The Morgan fingerprint density at radius 3 is 1.47 bits per heavy atom. The van der Waals surface area contributed by atoms with E-state index in [9.17, 15) is 9.59 Å². The highest BCUT2D eigenvalue weighted by atomic mass is 16.6. The fraction of sp³-hybridized carbons (Fsp3) is 0.590. The Kier molecular flexibility index (Phi) is 24.8. The zero-order valence-electron chi connectivity index (χ0n) is 30.9. The van der Waals surface area contributed by atoms with Gasteiger partial charge in [-0.1, -0.05) is 42.2 Å². The summed E-state index contributed by atoms with van der Waals surface area (Å²) >= 11 is 0. The largest absolute Gasteiger partial charge is 0.378 e. The number of nitrogens with zero attached hydrogens (tertiary/aromatic N) is 1. The molecule has 14 nitrogen and oxygen atoms in total. The van der Waals surface area contributed by atoms with Crippen molar-refractivity contribution in [3.05, 3.63) is 65.2 Å². The molecule has 2 aromatic rings. The highest BCUT2D eigenvalue weighted by Gasteiger charge is 2.21. The van der Waals surface area contributed by atoms with Crippen LogP contribution in [0.15, 0.2) is 48.5 Å². The molecule has 294 valence electrons. The zero-order valence-corrected chi connectivity index (χ0v) is 30.9. The van der Waals surface area contributed by atoms with Crippen molar-refractivity contribution in [1.29, 1.82) is 0 Å². The first-order valence-electron chi connectivity index (χ1n) is 18.3. The van der Waals surface area contributed by atoms with E-state index in [0.717, 1.165) is 22.4 Å². The molecular formula is C39H57N3O11. The molecule has 3 N–H and O–H groups in total. The van der Waals surface area contributed by atoms with Crippen LogP contribution in [0.2, 0.25) is 0 Å². The number of hydrogen-bond acceptors (Lipinski definition) is 12. The molecule has 0 saturated carbocycles. The normalized spacial score (nSPS) is 12.0. The SMILES string of the molecule is NCCOCCOCCOCCOCCOCCOCCOCCOCCOCCNC(=O)CCC(=O)N1Cc2ccccc2C#Cc2ccccc21. The molecule has 0 radical (unpaired) electrons. The lowest BCUT2D eigenvalue weighted by atomic mass is 10.0. The van der Waals surface area contributed by atoms with Crippen LogP contribution in [0, 0.1) is 11.8 Å². The van der Waals surface area contributed by atoms with Crippen LogP contribution in [0.5, 0.6) is 0 Å². The summed E-state index contributed by atoms with van der Waals surface area (Å²) in [5.41, 5.74) is 8.75. The van der Waals surface area contributed by atoms with E-state index in [1.54, 1.807) is 4.90 Å². The smallest absolute Gasteiger partial charge is 0.227 e. The molecule has 1 aliphatic rings. The van der Waals surface area contributed by atoms with Gasteiger partial charge in [-0.2, -0.15) is 0 Å². The van der Waals surface area contributed by atoms with Crippen molar-refractivity contribution in [2.45, 2.75) is 19.4 Å². The number of benzene rings is 2. The predicted octanol–water partition coefficient (Wildman–Crippen LogP) is 1.94. The summed E-state index contributed by atoms with van der Waals surface area (Å²) in [5.74, 6) is 6.07. The Hall–Kier alpha value is -3.46. The third kappa shape index (κ3) is 20.5. The van der Waals surface area contributed by atoms with E-state index in [1.165, 1.54) is 0 Å². The van der Waals surface area contributed by atoms with Crippen LogP contribution in [0.4, 0.5) is 5.69 Å². The van der Waals surface area contributed by atoms with Crippen LogP contribution >= 0.6 is 0 Å². The van der Waals surface area contributed by atoms with Gasteiger partial charge in [0.2, 0.25) is 11.8 Å². The molecule has 0 atom stereocenters. The average molecular weight is 744 g/mol. The van der Waals surface area contributed by atoms with E-state index in [-0.39, 0.29) is 24.7 Å². The first kappa shape index (κ1) is 43.9. The monoisotopic (exact) mass is 743 g/mol. The second-order valence-electron chi connectivity index (χ2n) is 11.6. The Morgan fingerprint density at radius 1 is 0.547 bits per heavy atom. The van der Waals surface area contributed by atoms with Crippen molar-refractivity contribution < 1.29 is 52.2 Å². The van der Waals surface area contributed by atoms with Crippen LogP contribution in [0.3, 0.4) is 0 Å². The second-order valence-corrected chi connectivity index (χ2v) is 11.6. The van der Waals surface area contributed by atoms with Gasteiger partial charge in [-0.15, -0.1) is 0 Å². The lowest BCUT2D eigenvalue weighted by Crippen LogP contribution is -2.34. The number of carbonyl (C=O) groups is 2. The molecule has 53 heavy (non-hydrogen) atoms. The Balaban J connectivity index is 1.04. The lowest BCUT2D eigenvalue weighted by molar-refractivity contribution is -0.125. The molecule has 0 aromatic heterocycles. The molecule has 0 spiro atoms. The predicted molar refractivity (Wildman–Crippen MR) is 199 cm³/mol. The van der Waals surface area contributed by atoms with Gasteiger partial charge in [0.05, 0.1) is 131 Å². The summed E-state index contributed by atoms with van der Waals surface area (Å²) in [6.45, 7) is 9.90. The zero-order chi connectivity index (χ0) is 37.4. The third-order valence-electron chi connectivity index (χ3n) is 7.55. The van der Waals surface area contributed by atoms with Crippen LogP contribution in [0.25, 0.3) is 0 Å². The van der Waals surface area contributed by atoms with Gasteiger partial charge in [-0.3, -0.25) is 9.59 Å². The summed E-state index contributed by atoms with van der Waals surface area (Å²) in [7, 11) is 0. The Morgan fingerprint density at radius 2 is 0.962 bits per heavy atom. The molecule has 2 aromatic carbocycles. The van der Waals surface area contributed by atoms with E-state index >= 15 is 0 Å². The minimum absolute atomic E-state index is 0.0887. The standard InChI is InChI=1S/C39H57N3O11/c40-13-15-45-17-19-47-21-23-49-25-27-51-29-31-53-32-30-52-28-26-50-24-22-48-20-18-46-16-14-41-38(43)11-12-39(44)42-33-36-7-2-1-5-34(36)9-10-35-6-3-4-8-37(35)42/h1-8H,11-33,40H2,(H,41,43). The van der Waals surface area contributed by atoms with Crippen molar-refractivity contribution in [2.75, 3.05) is 137 Å². The maximum absolute atomic E-state index is 13.3. The molecule has 14 heteroatoms. The molecule has 0 aliphatic carbocycles. The fourth-order valence-electron chi connectivity index (χ4n) is 4.86. The highest BCUT2D eigenvalue weighted by Crippen LogP contribution is 2.26. The van der Waals surface area contributed by atoms with Crippen LogP contribution < -0.4 is 16.0 Å². The minimum atomic E-state index is -0.199. The molecular weight excluding hydrogens is 686 g/mol. The number of nitrogens with two attached hydrogens (primary N) is 1. The Bertz CT molecular complexity index is 1340. The summed E-state index contributed by atoms with van der Waals surface area (Å²) in [6, 6.07) is 15.4. The third-order valence-corrected chi connectivity index (χ3v) is 7.55. The van der Waals surface area contributed by atoms with Crippen molar-refractivity contribution in [3.8, 4) is 11.8 Å². The van der Waals surface area contributed by atoms with Crippen molar-refractivity contribution in [2.24, 2.45) is 5.73 Å². The first-order chi connectivity index (χ1) is 26.2. The van der Waals surface area contributed by atoms with E-state index in [1.807, 2.05) is 48.5 Å². The fourth-order valence-corrected chi connectivity index (χ4v) is 4.86. The van der Waals surface area contributed by atoms with Gasteiger partial charge < -0.3 is 58.6 Å². The van der Waals surface area contributed by atoms with Crippen LogP contribution in [-0.2, 0) is 58.8 Å². The number of ether oxygens (including phenoxy) is 9. The number of amides is 2. The summed E-state index contributed by atoms with van der Waals surface area (Å²) in [5, 5.41) is 2.81. The molecule has 2 amide bonds. The number of anilines is 1. The van der Waals surface area contributed by atoms with Crippen LogP contribution in [0.1, 0.15) is 29.5 Å². The van der Waals surface area contributed by atoms with Crippen molar-refractivity contribution in [1.82, 2.24) is 5.32 Å². The van der Waals surface area contributed by atoms with Gasteiger partial charge >= 0.3 is 0 Å². The van der Waals surface area contributed by atoms with E-state index < -0.39 is 0 Å². The summed E-state index contributed by atoms with van der Waals surface area (Å²) < 4.78 is 49.0. The highest BCUT2D eigenvalue weighted by molar-refractivity contribution is 5.96. The van der Waals surface area contributed by atoms with Crippen LogP contribution in [-0.4, -0.2) is 144 Å². The first-order valence-corrected chi connectivity index (χ1v) is 18.3. The minimum Gasteiger partial charge on any atom is -0.378 e. The summed E-state index contributed by atoms with van der Waals surface area (Å²) in [6.07, 6.45) is 0.179. The number of rotatable bonds is 32. The van der Waals surface area contributed by atoms with Crippen molar-refractivity contribution in [3.63, 3.8) is 0 Å². The maximum Gasteiger partial charge on any atom is 0.227 e. The van der Waals surface area contributed by atoms with Gasteiger partial charge in [0, 0.05) is 37.1 Å². The van der Waals surface area contributed by atoms with Gasteiger partial charge in [0.1, 0.15) is 0 Å². The topological polar surface area (TPSA) is 159 Å². The van der Waals surface area contributed by atoms with Gasteiger partial charge in [-0.25, -0.2) is 0 Å². The number of carbonyl (C=O) groups excluding carboxylic acids is 2.